The van der Waals surface area contributed by atoms with Crippen molar-refractivity contribution in [2.24, 2.45) is 9.98 Å². The van der Waals surface area contributed by atoms with Crippen LogP contribution in [0, 0.1) is 6.92 Å². The van der Waals surface area contributed by atoms with Gasteiger partial charge in [0.05, 0.1) is 12.8 Å². The molecule has 2 amide bonds. The molecule has 2 aliphatic heterocycles. The minimum Gasteiger partial charge on any atom is -0.497 e. The zero-order valence-corrected chi connectivity index (χ0v) is 19.0. The third-order valence-electron chi connectivity index (χ3n) is 5.71. The van der Waals surface area contributed by atoms with Gasteiger partial charge in [-0.15, -0.1) is 11.8 Å². The van der Waals surface area contributed by atoms with Crippen molar-refractivity contribution in [1.82, 2.24) is 4.90 Å². The summed E-state index contributed by atoms with van der Waals surface area (Å²) >= 11 is 1.72. The normalized spacial score (nSPS) is 17.3. The van der Waals surface area contributed by atoms with Gasteiger partial charge in [0.15, 0.2) is 5.66 Å². The third-order valence-corrected chi connectivity index (χ3v) is 6.56. The maximum Gasteiger partial charge on any atom is 0.321 e. The van der Waals surface area contributed by atoms with Crippen LogP contribution in [0.15, 0.2) is 58.5 Å². The van der Waals surface area contributed by atoms with Crippen molar-refractivity contribution >= 4 is 34.2 Å². The van der Waals surface area contributed by atoms with E-state index in [1.807, 2.05) is 60.4 Å². The number of nitrogens with one attached hydrogen (secondary N) is 1. The van der Waals surface area contributed by atoms with Crippen molar-refractivity contribution in [2.75, 3.05) is 31.3 Å². The Morgan fingerprint density at radius 1 is 1.13 bits per heavy atom. The number of piperidine rings is 1. The van der Waals surface area contributed by atoms with Crippen LogP contribution in [0.2, 0.25) is 0 Å². The predicted octanol–water partition coefficient (Wildman–Crippen LogP) is 4.98. The molecule has 2 heterocycles. The maximum atomic E-state index is 12.8. The molecule has 0 aromatic heterocycles. The van der Waals surface area contributed by atoms with Crippen LogP contribution in [-0.4, -0.2) is 53.3 Å². The van der Waals surface area contributed by atoms with E-state index in [9.17, 15) is 4.79 Å². The quantitative estimate of drug-likeness (QED) is 0.735. The maximum absolute atomic E-state index is 12.8. The lowest BCUT2D eigenvalue weighted by Gasteiger charge is -2.35. The van der Waals surface area contributed by atoms with E-state index in [1.165, 1.54) is 0 Å². The van der Waals surface area contributed by atoms with Crippen LogP contribution in [0.4, 0.5) is 10.5 Å². The highest BCUT2D eigenvalue weighted by Gasteiger charge is 2.40. The van der Waals surface area contributed by atoms with Crippen LogP contribution in [0.25, 0.3) is 0 Å². The largest absolute Gasteiger partial charge is 0.497 e. The van der Waals surface area contributed by atoms with E-state index < -0.39 is 5.66 Å². The van der Waals surface area contributed by atoms with Gasteiger partial charge in [-0.25, -0.2) is 9.79 Å². The van der Waals surface area contributed by atoms with Crippen molar-refractivity contribution in [3.63, 3.8) is 0 Å². The number of thioether (sulfide) groups is 1. The second kappa shape index (κ2) is 9.14. The molecule has 31 heavy (non-hydrogen) atoms. The van der Waals surface area contributed by atoms with Gasteiger partial charge < -0.3 is 15.0 Å². The average molecular weight is 437 g/mol. The van der Waals surface area contributed by atoms with Gasteiger partial charge in [0.2, 0.25) is 0 Å². The number of likely N-dealkylation sites (tertiary alicyclic amines) is 1. The predicted molar refractivity (Wildman–Crippen MR) is 129 cm³/mol. The lowest BCUT2D eigenvalue weighted by atomic mass is 9.98. The van der Waals surface area contributed by atoms with Crippen molar-refractivity contribution < 1.29 is 9.53 Å². The Kier molecular flexibility index (Phi) is 6.32. The second-order valence-electron chi connectivity index (χ2n) is 7.75. The minimum absolute atomic E-state index is 0.0614. The molecule has 2 aliphatic rings. The third kappa shape index (κ3) is 4.61. The number of methoxy groups -OCH3 is 1. The summed E-state index contributed by atoms with van der Waals surface area (Å²) in [5.41, 5.74) is 3.45. The molecule has 7 heteroatoms. The summed E-state index contributed by atoms with van der Waals surface area (Å²) in [6.07, 6.45) is 1.45. The first-order chi connectivity index (χ1) is 15.0. The molecule has 0 radical (unpaired) electrons. The molecule has 4 rings (SSSR count). The van der Waals surface area contributed by atoms with Crippen molar-refractivity contribution in [2.45, 2.75) is 32.4 Å². The number of hydrogen-bond acceptors (Lipinski definition) is 5. The molecule has 0 bridgehead atoms. The standard InChI is InChI=1S/C24H28N4O2S/c1-4-31-22-21(18-9-11-19(30-3)12-10-18)26-24(27-22)13-15-28(16-14-24)23(29)25-20-8-6-5-7-17(20)2/h5-12H,4,13-16H2,1-3H3,(H,25,29). The highest BCUT2D eigenvalue weighted by Crippen LogP contribution is 2.36. The zero-order valence-electron chi connectivity index (χ0n) is 18.2. The number of amides is 2. The van der Waals surface area contributed by atoms with Crippen molar-refractivity contribution in [1.29, 1.82) is 0 Å². The van der Waals surface area contributed by atoms with Crippen LogP contribution in [0.5, 0.6) is 5.75 Å². The van der Waals surface area contributed by atoms with Crippen molar-refractivity contribution in [3.05, 3.63) is 59.7 Å². The molecule has 6 nitrogen and oxygen atoms in total. The topological polar surface area (TPSA) is 66.3 Å². The number of carbonyl (C=O) groups excluding carboxylic acids is 1. The first kappa shape index (κ1) is 21.4. The molecular formula is C24H28N4O2S. The number of carbonyl (C=O) groups is 1. The van der Waals surface area contributed by atoms with E-state index in [0.717, 1.165) is 51.9 Å². The Balaban J connectivity index is 1.48. The molecule has 2 aromatic carbocycles. The summed E-state index contributed by atoms with van der Waals surface area (Å²) < 4.78 is 5.28. The molecular weight excluding hydrogens is 408 g/mol. The van der Waals surface area contributed by atoms with E-state index >= 15 is 0 Å². The lowest BCUT2D eigenvalue weighted by molar-refractivity contribution is 0.175. The van der Waals surface area contributed by atoms with Gasteiger partial charge in [-0.1, -0.05) is 25.1 Å². The van der Waals surface area contributed by atoms with Gasteiger partial charge in [0, 0.05) is 37.2 Å². The smallest absolute Gasteiger partial charge is 0.321 e. The van der Waals surface area contributed by atoms with E-state index in [1.54, 1.807) is 18.9 Å². The molecule has 0 saturated carbocycles. The number of aryl methyl sites for hydroxylation is 1. The number of aliphatic imine (C=N–C) groups is 2. The Morgan fingerprint density at radius 2 is 1.84 bits per heavy atom. The van der Waals surface area contributed by atoms with Gasteiger partial charge in [0.25, 0.3) is 0 Å². The molecule has 2 aromatic rings. The molecule has 1 spiro atoms. The SMILES string of the molecule is CCSC1=NC2(CCN(C(=O)Nc3ccccc3C)CC2)N=C1c1ccc(OC)cc1. The fraction of sp³-hybridized carbons (Fsp3) is 0.375. The number of ether oxygens (including phenoxy) is 1. The van der Waals surface area contributed by atoms with Crippen LogP contribution in [0.1, 0.15) is 30.9 Å². The van der Waals surface area contributed by atoms with Crippen LogP contribution < -0.4 is 10.1 Å². The van der Waals surface area contributed by atoms with Crippen LogP contribution in [-0.2, 0) is 0 Å². The highest BCUT2D eigenvalue weighted by molar-refractivity contribution is 8.15. The monoisotopic (exact) mass is 436 g/mol. The number of anilines is 1. The van der Waals surface area contributed by atoms with Crippen LogP contribution in [0.3, 0.4) is 0 Å². The first-order valence-corrected chi connectivity index (χ1v) is 11.6. The van der Waals surface area contributed by atoms with Crippen molar-refractivity contribution in [3.8, 4) is 5.75 Å². The van der Waals surface area contributed by atoms with Gasteiger partial charge in [-0.05, 0) is 48.6 Å². The average Bonchev–Trinajstić information content (AvgIpc) is 3.13. The minimum atomic E-state index is -0.466. The zero-order chi connectivity index (χ0) is 21.8. The summed E-state index contributed by atoms with van der Waals surface area (Å²) in [6.45, 7) is 5.38. The Bertz CT molecular complexity index is 1010. The van der Waals surface area contributed by atoms with E-state index in [2.05, 4.69) is 12.2 Å². The number of rotatable bonds is 4. The van der Waals surface area contributed by atoms with Crippen LogP contribution >= 0.6 is 11.8 Å². The van der Waals surface area contributed by atoms with E-state index in [4.69, 9.17) is 14.7 Å². The highest BCUT2D eigenvalue weighted by atomic mass is 32.2. The summed E-state index contributed by atoms with van der Waals surface area (Å²) in [4.78, 5) is 24.8. The number of nitrogens with zero attached hydrogens (tertiary/aromatic N) is 3. The van der Waals surface area contributed by atoms with E-state index in [0.29, 0.717) is 13.1 Å². The lowest BCUT2D eigenvalue weighted by Crippen LogP contribution is -2.46. The summed E-state index contributed by atoms with van der Waals surface area (Å²) in [5, 5.41) is 4.02. The summed E-state index contributed by atoms with van der Waals surface area (Å²) in [7, 11) is 1.67. The number of hydrogen-bond donors (Lipinski definition) is 1. The van der Waals surface area contributed by atoms with Gasteiger partial charge in [-0.3, -0.25) is 4.99 Å². The molecule has 0 atom stereocenters. The number of urea groups is 1. The number of para-hydroxylation sites is 1. The first-order valence-electron chi connectivity index (χ1n) is 10.6. The Hall–Kier alpha value is -2.80. The molecule has 1 fully saturated rings. The fourth-order valence-electron chi connectivity index (χ4n) is 3.90. The Labute approximate surface area is 187 Å². The molecule has 1 saturated heterocycles. The number of benzene rings is 2. The molecule has 0 unspecified atom stereocenters. The molecule has 0 aliphatic carbocycles. The summed E-state index contributed by atoms with van der Waals surface area (Å²) in [5.74, 6) is 1.77. The van der Waals surface area contributed by atoms with Gasteiger partial charge >= 0.3 is 6.03 Å². The molecule has 1 N–H and O–H groups in total. The molecule has 162 valence electrons. The second-order valence-corrected chi connectivity index (χ2v) is 9.01. The van der Waals surface area contributed by atoms with E-state index in [-0.39, 0.29) is 6.03 Å². The summed E-state index contributed by atoms with van der Waals surface area (Å²) in [6, 6.07) is 15.7. The fourth-order valence-corrected chi connectivity index (χ4v) is 4.70. The Morgan fingerprint density at radius 3 is 2.48 bits per heavy atom. The van der Waals surface area contributed by atoms with Gasteiger partial charge in [0.1, 0.15) is 10.8 Å². The van der Waals surface area contributed by atoms with Gasteiger partial charge in [-0.2, -0.15) is 0 Å².